The molecule has 19 heavy (non-hydrogen) atoms. The van der Waals surface area contributed by atoms with Gasteiger partial charge in [0.1, 0.15) is 12.4 Å². The van der Waals surface area contributed by atoms with Crippen molar-refractivity contribution >= 4 is 12.1 Å². The van der Waals surface area contributed by atoms with Crippen molar-refractivity contribution in [1.82, 2.24) is 4.90 Å². The van der Waals surface area contributed by atoms with E-state index in [1.807, 2.05) is 0 Å². The first kappa shape index (κ1) is 13.2. The molecular weight excluding hydrogens is 250 g/mol. The van der Waals surface area contributed by atoms with Crippen molar-refractivity contribution in [2.75, 3.05) is 6.61 Å². The number of phenolic OH excluding ortho intramolecular Hbond substituents is 1. The van der Waals surface area contributed by atoms with E-state index in [-0.39, 0.29) is 24.8 Å². The van der Waals surface area contributed by atoms with E-state index < -0.39 is 12.1 Å². The van der Waals surface area contributed by atoms with Crippen molar-refractivity contribution in [1.29, 1.82) is 0 Å². The maximum Gasteiger partial charge on any atom is 0.410 e. The summed E-state index contributed by atoms with van der Waals surface area (Å²) < 4.78 is 4.94. The minimum Gasteiger partial charge on any atom is -0.508 e. The quantitative estimate of drug-likeness (QED) is 0.844. The maximum atomic E-state index is 11.6. The molecule has 1 amide bonds. The van der Waals surface area contributed by atoms with Crippen molar-refractivity contribution in [2.45, 2.75) is 25.4 Å². The second-order valence-corrected chi connectivity index (χ2v) is 4.46. The van der Waals surface area contributed by atoms with E-state index in [2.05, 4.69) is 0 Å². The molecule has 0 aromatic heterocycles. The standard InChI is InChI=1S/C13H15NO5/c15-11-3-1-2-9(6-11)7-14-10(4-5-12(16)17)8-19-13(14)18/h1-3,6,10,15H,4-5,7-8H2,(H,16,17). The Labute approximate surface area is 110 Å². The van der Waals surface area contributed by atoms with Crippen LogP contribution in [0.1, 0.15) is 18.4 Å². The molecule has 1 unspecified atom stereocenters. The summed E-state index contributed by atoms with van der Waals surface area (Å²) in [6.45, 7) is 0.516. The number of hydrogen-bond donors (Lipinski definition) is 2. The number of aromatic hydroxyl groups is 1. The SMILES string of the molecule is O=C(O)CCC1COC(=O)N1Cc1cccc(O)c1. The molecule has 0 radical (unpaired) electrons. The van der Waals surface area contributed by atoms with Crippen LogP contribution in [0, 0.1) is 0 Å². The molecule has 1 fully saturated rings. The molecule has 0 saturated carbocycles. The molecule has 0 aliphatic carbocycles. The van der Waals surface area contributed by atoms with Crippen LogP contribution in [0.5, 0.6) is 5.75 Å². The molecule has 1 aliphatic heterocycles. The Bertz CT molecular complexity index is 488. The molecule has 1 aromatic rings. The van der Waals surface area contributed by atoms with Crippen molar-refractivity contribution in [3.05, 3.63) is 29.8 Å². The Morgan fingerprint density at radius 1 is 1.47 bits per heavy atom. The third kappa shape index (κ3) is 3.37. The predicted octanol–water partition coefficient (Wildman–Crippen LogP) is 1.58. The van der Waals surface area contributed by atoms with Gasteiger partial charge >= 0.3 is 12.1 Å². The first-order chi connectivity index (χ1) is 9.06. The molecule has 6 heteroatoms. The van der Waals surface area contributed by atoms with Gasteiger partial charge in [0.05, 0.1) is 6.04 Å². The number of carbonyl (C=O) groups excluding carboxylic acids is 1. The zero-order valence-electron chi connectivity index (χ0n) is 10.3. The lowest BCUT2D eigenvalue weighted by molar-refractivity contribution is -0.137. The van der Waals surface area contributed by atoms with Crippen molar-refractivity contribution in [2.24, 2.45) is 0 Å². The molecule has 1 heterocycles. The summed E-state index contributed by atoms with van der Waals surface area (Å²) in [7, 11) is 0. The minimum absolute atomic E-state index is 0.00214. The number of amides is 1. The Hall–Kier alpha value is -2.24. The normalized spacial score (nSPS) is 18.4. The smallest absolute Gasteiger partial charge is 0.410 e. The summed E-state index contributed by atoms with van der Waals surface area (Å²) >= 11 is 0. The van der Waals surface area contributed by atoms with Crippen LogP contribution < -0.4 is 0 Å². The fraction of sp³-hybridized carbons (Fsp3) is 0.385. The van der Waals surface area contributed by atoms with Gasteiger partial charge in [0, 0.05) is 13.0 Å². The van der Waals surface area contributed by atoms with Gasteiger partial charge in [0.25, 0.3) is 0 Å². The highest BCUT2D eigenvalue weighted by Crippen LogP contribution is 2.21. The number of carbonyl (C=O) groups is 2. The molecule has 0 bridgehead atoms. The summed E-state index contributed by atoms with van der Waals surface area (Å²) in [5, 5.41) is 18.1. The van der Waals surface area contributed by atoms with Gasteiger partial charge in [-0.25, -0.2) is 4.79 Å². The largest absolute Gasteiger partial charge is 0.508 e. The van der Waals surface area contributed by atoms with Crippen molar-refractivity contribution < 1.29 is 24.5 Å². The van der Waals surface area contributed by atoms with Crippen molar-refractivity contribution in [3.63, 3.8) is 0 Å². The van der Waals surface area contributed by atoms with E-state index in [1.165, 1.54) is 4.90 Å². The fourth-order valence-corrected chi connectivity index (χ4v) is 2.06. The molecule has 2 N–H and O–H groups in total. The molecule has 1 atom stereocenters. The van der Waals surface area contributed by atoms with Gasteiger partial charge < -0.3 is 14.9 Å². The highest BCUT2D eigenvalue weighted by molar-refractivity contribution is 5.71. The van der Waals surface area contributed by atoms with Crippen LogP contribution in [0.25, 0.3) is 0 Å². The lowest BCUT2D eigenvalue weighted by atomic mass is 10.1. The van der Waals surface area contributed by atoms with E-state index in [1.54, 1.807) is 24.3 Å². The molecule has 2 rings (SSSR count). The van der Waals surface area contributed by atoms with Gasteiger partial charge in [-0.3, -0.25) is 9.69 Å². The molecule has 0 spiro atoms. The van der Waals surface area contributed by atoms with Gasteiger partial charge in [-0.05, 0) is 24.1 Å². The maximum absolute atomic E-state index is 11.6. The summed E-state index contributed by atoms with van der Waals surface area (Å²) in [4.78, 5) is 23.7. The number of benzene rings is 1. The fourth-order valence-electron chi connectivity index (χ4n) is 2.06. The van der Waals surface area contributed by atoms with Gasteiger partial charge in [-0.2, -0.15) is 0 Å². The first-order valence-electron chi connectivity index (χ1n) is 5.99. The number of hydrogen-bond acceptors (Lipinski definition) is 4. The molecule has 102 valence electrons. The third-order valence-electron chi connectivity index (χ3n) is 3.03. The second kappa shape index (κ2) is 5.60. The van der Waals surface area contributed by atoms with Crippen LogP contribution in [0.15, 0.2) is 24.3 Å². The van der Waals surface area contributed by atoms with Crippen LogP contribution in [0.2, 0.25) is 0 Å². The number of ether oxygens (including phenoxy) is 1. The average Bonchev–Trinajstić information content (AvgIpc) is 2.68. The topological polar surface area (TPSA) is 87.1 Å². The molecule has 1 aliphatic rings. The van der Waals surface area contributed by atoms with E-state index in [0.29, 0.717) is 13.0 Å². The Morgan fingerprint density at radius 2 is 2.26 bits per heavy atom. The summed E-state index contributed by atoms with van der Waals surface area (Å²) in [5.74, 6) is -0.760. The van der Waals surface area contributed by atoms with Gasteiger partial charge in [0.2, 0.25) is 0 Å². The van der Waals surface area contributed by atoms with Crippen LogP contribution in [-0.2, 0) is 16.1 Å². The Balaban J connectivity index is 2.03. The van der Waals surface area contributed by atoms with E-state index >= 15 is 0 Å². The number of aliphatic carboxylic acids is 1. The highest BCUT2D eigenvalue weighted by Gasteiger charge is 2.32. The molecule has 1 saturated heterocycles. The van der Waals surface area contributed by atoms with E-state index in [4.69, 9.17) is 9.84 Å². The number of rotatable bonds is 5. The molecule has 6 nitrogen and oxygen atoms in total. The Morgan fingerprint density at radius 3 is 2.95 bits per heavy atom. The lowest BCUT2D eigenvalue weighted by Gasteiger charge is -2.20. The van der Waals surface area contributed by atoms with Gasteiger partial charge in [0.15, 0.2) is 0 Å². The molecular formula is C13H15NO5. The highest BCUT2D eigenvalue weighted by atomic mass is 16.6. The van der Waals surface area contributed by atoms with Gasteiger partial charge in [-0.1, -0.05) is 12.1 Å². The second-order valence-electron chi connectivity index (χ2n) is 4.46. The van der Waals surface area contributed by atoms with Crippen LogP contribution >= 0.6 is 0 Å². The van der Waals surface area contributed by atoms with Crippen LogP contribution in [0.3, 0.4) is 0 Å². The number of carboxylic acid groups (broad SMARTS) is 1. The predicted molar refractivity (Wildman–Crippen MR) is 65.7 cm³/mol. The van der Waals surface area contributed by atoms with Gasteiger partial charge in [-0.15, -0.1) is 0 Å². The number of cyclic esters (lactones) is 1. The Kier molecular flexibility index (Phi) is 3.89. The monoisotopic (exact) mass is 265 g/mol. The van der Waals surface area contributed by atoms with Crippen molar-refractivity contribution in [3.8, 4) is 5.75 Å². The zero-order chi connectivity index (χ0) is 13.8. The molecule has 1 aromatic carbocycles. The third-order valence-corrected chi connectivity index (χ3v) is 3.03. The van der Waals surface area contributed by atoms with E-state index in [9.17, 15) is 14.7 Å². The summed E-state index contributed by atoms with van der Waals surface area (Å²) in [5.41, 5.74) is 0.777. The van der Waals surface area contributed by atoms with Crippen LogP contribution in [-0.4, -0.2) is 39.8 Å². The number of carboxylic acids is 1. The lowest BCUT2D eigenvalue weighted by Crippen LogP contribution is -2.33. The van der Waals surface area contributed by atoms with Crippen LogP contribution in [0.4, 0.5) is 4.79 Å². The number of phenols is 1. The summed E-state index contributed by atoms with van der Waals surface area (Å²) in [6, 6.07) is 6.37. The minimum atomic E-state index is -0.892. The average molecular weight is 265 g/mol. The first-order valence-corrected chi connectivity index (χ1v) is 5.99. The number of nitrogens with zero attached hydrogens (tertiary/aromatic N) is 1. The van der Waals surface area contributed by atoms with E-state index in [0.717, 1.165) is 5.56 Å². The zero-order valence-corrected chi connectivity index (χ0v) is 10.3. The summed E-state index contributed by atoms with van der Waals surface area (Å²) in [6.07, 6.45) is -0.0868.